The van der Waals surface area contributed by atoms with E-state index in [1.807, 2.05) is 7.05 Å². The van der Waals surface area contributed by atoms with Gasteiger partial charge >= 0.3 is 0 Å². The highest BCUT2D eigenvalue weighted by molar-refractivity contribution is 4.70. The van der Waals surface area contributed by atoms with Crippen LogP contribution in [0.4, 0.5) is 4.39 Å². The molecule has 3 nitrogen and oxygen atoms in total. The summed E-state index contributed by atoms with van der Waals surface area (Å²) in [5, 5.41) is 5.90. The maximum absolute atomic E-state index is 12.9. The predicted molar refractivity (Wildman–Crippen MR) is 38.4 cm³/mol. The maximum atomic E-state index is 12.9. The van der Waals surface area contributed by atoms with Crippen molar-refractivity contribution < 1.29 is 4.39 Å². The van der Waals surface area contributed by atoms with Crippen molar-refractivity contribution >= 4 is 0 Å². The zero-order chi connectivity index (χ0) is 7.40. The molecule has 0 radical (unpaired) electrons. The van der Waals surface area contributed by atoms with Gasteiger partial charge in [0.2, 0.25) is 0 Å². The van der Waals surface area contributed by atoms with Crippen LogP contribution in [0.1, 0.15) is 0 Å². The fourth-order valence-corrected chi connectivity index (χ4v) is 1.09. The first-order valence-corrected chi connectivity index (χ1v) is 3.58. The lowest BCUT2D eigenvalue weighted by molar-refractivity contribution is 0.0538. The molecule has 0 saturated carbocycles. The van der Waals surface area contributed by atoms with Gasteiger partial charge in [-0.25, -0.2) is 4.39 Å². The third kappa shape index (κ3) is 1.90. The molecule has 2 N–H and O–H groups in total. The zero-order valence-electron chi connectivity index (χ0n) is 6.23. The normalized spacial score (nSPS) is 28.8. The summed E-state index contributed by atoms with van der Waals surface area (Å²) in [7, 11) is 1.83. The molecule has 1 atom stereocenters. The Labute approximate surface area is 60.6 Å². The van der Waals surface area contributed by atoms with E-state index >= 15 is 0 Å². The van der Waals surface area contributed by atoms with Crippen molar-refractivity contribution in [2.24, 2.45) is 0 Å². The third-order valence-electron chi connectivity index (χ3n) is 1.65. The first-order valence-electron chi connectivity index (χ1n) is 3.58. The van der Waals surface area contributed by atoms with Gasteiger partial charge in [0.25, 0.3) is 0 Å². The predicted octanol–water partition coefficient (Wildman–Crippen LogP) is -0.636. The van der Waals surface area contributed by atoms with Crippen molar-refractivity contribution in [2.45, 2.75) is 6.30 Å². The lowest BCUT2D eigenvalue weighted by atomic mass is 10.4. The lowest BCUT2D eigenvalue weighted by Crippen LogP contribution is -2.51. The largest absolute Gasteiger partial charge is 0.311 e. The van der Waals surface area contributed by atoms with Crippen LogP contribution in [-0.4, -0.2) is 44.5 Å². The number of piperazine rings is 1. The highest BCUT2D eigenvalue weighted by Crippen LogP contribution is 2.01. The molecule has 60 valence electrons. The minimum Gasteiger partial charge on any atom is -0.311 e. The summed E-state index contributed by atoms with van der Waals surface area (Å²) >= 11 is 0. The Morgan fingerprint density at radius 1 is 1.80 bits per heavy atom. The zero-order valence-corrected chi connectivity index (χ0v) is 6.23. The van der Waals surface area contributed by atoms with Crippen molar-refractivity contribution in [3.63, 3.8) is 0 Å². The fraction of sp³-hybridized carbons (Fsp3) is 1.00. The van der Waals surface area contributed by atoms with Crippen LogP contribution in [0.5, 0.6) is 0 Å². The van der Waals surface area contributed by atoms with Crippen molar-refractivity contribution in [1.82, 2.24) is 15.5 Å². The van der Waals surface area contributed by atoms with Gasteiger partial charge in [-0.1, -0.05) is 0 Å². The molecule has 1 saturated heterocycles. The summed E-state index contributed by atoms with van der Waals surface area (Å²) in [6.07, 6.45) is -0.818. The summed E-state index contributed by atoms with van der Waals surface area (Å²) in [5.74, 6) is 0. The summed E-state index contributed by atoms with van der Waals surface area (Å²) in [6, 6.07) is 0. The van der Waals surface area contributed by atoms with Gasteiger partial charge in [-0.2, -0.15) is 0 Å². The molecule has 0 aromatic rings. The van der Waals surface area contributed by atoms with Crippen molar-refractivity contribution in [1.29, 1.82) is 0 Å². The van der Waals surface area contributed by atoms with Gasteiger partial charge in [0.05, 0.1) is 6.67 Å². The van der Waals surface area contributed by atoms with Gasteiger partial charge < -0.3 is 10.6 Å². The molecule has 0 spiro atoms. The van der Waals surface area contributed by atoms with Crippen LogP contribution in [-0.2, 0) is 0 Å². The Hall–Kier alpha value is -0.190. The monoisotopic (exact) mass is 147 g/mol. The second-order valence-electron chi connectivity index (χ2n) is 2.46. The maximum Gasteiger partial charge on any atom is 0.167 e. The van der Waals surface area contributed by atoms with E-state index < -0.39 is 6.30 Å². The second-order valence-corrected chi connectivity index (χ2v) is 2.46. The van der Waals surface area contributed by atoms with Crippen LogP contribution in [0.2, 0.25) is 0 Å². The number of nitrogens with zero attached hydrogens (tertiary/aromatic N) is 1. The summed E-state index contributed by atoms with van der Waals surface area (Å²) < 4.78 is 12.9. The molecule has 0 bridgehead atoms. The first kappa shape index (κ1) is 7.91. The van der Waals surface area contributed by atoms with Gasteiger partial charge in [0.15, 0.2) is 6.30 Å². The second kappa shape index (κ2) is 3.85. The van der Waals surface area contributed by atoms with Gasteiger partial charge in [0, 0.05) is 19.6 Å². The quantitative estimate of drug-likeness (QED) is 0.509. The summed E-state index contributed by atoms with van der Waals surface area (Å²) in [6.45, 7) is 2.79. The fourth-order valence-electron chi connectivity index (χ4n) is 1.09. The number of alkyl halides is 1. The molecule has 10 heavy (non-hydrogen) atoms. The number of nitrogens with one attached hydrogen (secondary N) is 2. The van der Waals surface area contributed by atoms with E-state index in [1.165, 1.54) is 0 Å². The van der Waals surface area contributed by atoms with Crippen LogP contribution >= 0.6 is 0 Å². The smallest absolute Gasteiger partial charge is 0.167 e. The van der Waals surface area contributed by atoms with Gasteiger partial charge in [-0.15, -0.1) is 0 Å². The standard InChI is InChI=1S/C6H14FN3/c1-8-5-10-3-2-9-4-6(10)7/h6,8-9H,2-5H2,1H3. The van der Waals surface area contributed by atoms with Crippen LogP contribution in [0.3, 0.4) is 0 Å². The molecule has 1 fully saturated rings. The van der Waals surface area contributed by atoms with E-state index in [0.717, 1.165) is 13.1 Å². The molecule has 0 aliphatic carbocycles. The van der Waals surface area contributed by atoms with Crippen LogP contribution < -0.4 is 10.6 Å². The average Bonchev–Trinajstić information content (AvgIpc) is 1.94. The minimum atomic E-state index is -0.818. The Morgan fingerprint density at radius 3 is 3.20 bits per heavy atom. The van der Waals surface area contributed by atoms with E-state index in [9.17, 15) is 4.39 Å². The van der Waals surface area contributed by atoms with E-state index in [0.29, 0.717) is 13.2 Å². The van der Waals surface area contributed by atoms with Crippen molar-refractivity contribution in [3.8, 4) is 0 Å². The Bertz CT molecular complexity index is 97.0. The van der Waals surface area contributed by atoms with Crippen LogP contribution in [0.25, 0.3) is 0 Å². The number of rotatable bonds is 2. The first-order chi connectivity index (χ1) is 4.84. The summed E-state index contributed by atoms with van der Waals surface area (Å²) in [5.41, 5.74) is 0. The van der Waals surface area contributed by atoms with Crippen LogP contribution in [0, 0.1) is 0 Å². The summed E-state index contributed by atoms with van der Waals surface area (Å²) in [4.78, 5) is 1.77. The van der Waals surface area contributed by atoms with Gasteiger partial charge in [-0.05, 0) is 7.05 Å². The SMILES string of the molecule is CNCN1CCNCC1F. The Balaban J connectivity index is 2.25. The molecular weight excluding hydrogens is 133 g/mol. The molecule has 1 aliphatic rings. The van der Waals surface area contributed by atoms with E-state index in [2.05, 4.69) is 10.6 Å². The van der Waals surface area contributed by atoms with Gasteiger partial charge in [0.1, 0.15) is 0 Å². The molecule has 1 rings (SSSR count). The Morgan fingerprint density at radius 2 is 2.60 bits per heavy atom. The molecule has 1 unspecified atom stereocenters. The third-order valence-corrected chi connectivity index (χ3v) is 1.65. The number of hydrogen-bond acceptors (Lipinski definition) is 3. The highest BCUT2D eigenvalue weighted by atomic mass is 19.1. The van der Waals surface area contributed by atoms with E-state index in [-0.39, 0.29) is 0 Å². The average molecular weight is 147 g/mol. The molecule has 4 heteroatoms. The lowest BCUT2D eigenvalue weighted by Gasteiger charge is -2.30. The van der Waals surface area contributed by atoms with E-state index in [1.54, 1.807) is 4.90 Å². The van der Waals surface area contributed by atoms with Crippen molar-refractivity contribution in [3.05, 3.63) is 0 Å². The molecule has 1 aliphatic heterocycles. The highest BCUT2D eigenvalue weighted by Gasteiger charge is 2.19. The van der Waals surface area contributed by atoms with Crippen LogP contribution in [0.15, 0.2) is 0 Å². The topological polar surface area (TPSA) is 27.3 Å². The molecule has 0 amide bonds. The molecule has 0 aromatic heterocycles. The van der Waals surface area contributed by atoms with E-state index in [4.69, 9.17) is 0 Å². The van der Waals surface area contributed by atoms with Crippen molar-refractivity contribution in [2.75, 3.05) is 33.4 Å². The Kier molecular flexibility index (Phi) is 3.05. The molecule has 1 heterocycles. The minimum absolute atomic E-state index is 0.460. The molecule has 0 aromatic carbocycles. The van der Waals surface area contributed by atoms with Gasteiger partial charge in [-0.3, -0.25) is 4.90 Å². The molecular formula is C6H14FN3. The number of hydrogen-bond donors (Lipinski definition) is 2. The number of halogens is 1.